The molecular formula is C17H22N4O2. The van der Waals surface area contributed by atoms with E-state index in [9.17, 15) is 0 Å². The van der Waals surface area contributed by atoms with Crippen LogP contribution >= 0.6 is 0 Å². The van der Waals surface area contributed by atoms with E-state index in [2.05, 4.69) is 25.7 Å². The fourth-order valence-electron chi connectivity index (χ4n) is 3.30. The van der Waals surface area contributed by atoms with Crippen LogP contribution in [0.1, 0.15) is 36.4 Å². The van der Waals surface area contributed by atoms with Crippen molar-refractivity contribution >= 4 is 6.08 Å². The largest absolute Gasteiger partial charge is 0.465 e. The second-order valence-corrected chi connectivity index (χ2v) is 6.10. The van der Waals surface area contributed by atoms with Gasteiger partial charge < -0.3 is 13.7 Å². The van der Waals surface area contributed by atoms with Gasteiger partial charge in [0.15, 0.2) is 5.82 Å². The average molecular weight is 314 g/mol. The summed E-state index contributed by atoms with van der Waals surface area (Å²) in [4.78, 5) is 2.44. The van der Waals surface area contributed by atoms with Crippen molar-refractivity contribution < 1.29 is 9.15 Å². The molecule has 2 aliphatic rings. The molecule has 1 unspecified atom stereocenters. The maximum Gasteiger partial charge on any atom is 0.162 e. The molecule has 122 valence electrons. The summed E-state index contributed by atoms with van der Waals surface area (Å²) in [5.74, 6) is 3.01. The van der Waals surface area contributed by atoms with Gasteiger partial charge >= 0.3 is 0 Å². The maximum absolute atomic E-state index is 5.78. The first-order valence-electron chi connectivity index (χ1n) is 8.36. The zero-order valence-corrected chi connectivity index (χ0v) is 13.2. The maximum atomic E-state index is 5.78. The van der Waals surface area contributed by atoms with Crippen molar-refractivity contribution in [3.05, 3.63) is 41.9 Å². The van der Waals surface area contributed by atoms with Crippen LogP contribution in [0.5, 0.6) is 0 Å². The molecule has 2 aromatic heterocycles. The molecule has 0 saturated carbocycles. The number of aromatic nitrogens is 3. The number of hydrogen-bond donors (Lipinski definition) is 0. The zero-order valence-electron chi connectivity index (χ0n) is 13.2. The van der Waals surface area contributed by atoms with Gasteiger partial charge in [-0.2, -0.15) is 0 Å². The standard InChI is InChI=1S/C17H22N4O2/c1(4-14-5-2-12-22-14)8-20-9-7-16-18-19-17(21(16)11-10-20)15-6-3-13-23-15/h1-2,4-5,12,15H,3,6-11,13H2/b4-1+. The summed E-state index contributed by atoms with van der Waals surface area (Å²) in [5, 5.41) is 8.78. The van der Waals surface area contributed by atoms with E-state index < -0.39 is 0 Å². The van der Waals surface area contributed by atoms with Crippen molar-refractivity contribution in [2.75, 3.05) is 26.2 Å². The molecule has 0 bridgehead atoms. The summed E-state index contributed by atoms with van der Waals surface area (Å²) in [6, 6.07) is 3.87. The molecule has 4 rings (SSSR count). The van der Waals surface area contributed by atoms with Crippen LogP contribution < -0.4 is 0 Å². The summed E-state index contributed by atoms with van der Waals surface area (Å²) in [6.45, 7) is 4.72. The minimum absolute atomic E-state index is 0.140. The van der Waals surface area contributed by atoms with E-state index in [0.29, 0.717) is 0 Å². The number of fused-ring (bicyclic) bond motifs is 1. The number of furan rings is 1. The van der Waals surface area contributed by atoms with Crippen LogP contribution in [0.15, 0.2) is 28.9 Å². The van der Waals surface area contributed by atoms with Crippen molar-refractivity contribution in [1.82, 2.24) is 19.7 Å². The van der Waals surface area contributed by atoms with Crippen LogP contribution in [0.2, 0.25) is 0 Å². The van der Waals surface area contributed by atoms with Crippen LogP contribution in [0.25, 0.3) is 6.08 Å². The molecule has 23 heavy (non-hydrogen) atoms. The molecule has 0 N–H and O–H groups in total. The fourth-order valence-corrected chi connectivity index (χ4v) is 3.30. The Labute approximate surface area is 135 Å². The third kappa shape index (κ3) is 3.23. The average Bonchev–Trinajstić information content (AvgIpc) is 3.29. The lowest BCUT2D eigenvalue weighted by Gasteiger charge is -2.17. The minimum atomic E-state index is 0.140. The molecule has 1 atom stereocenters. The summed E-state index contributed by atoms with van der Waals surface area (Å²) in [7, 11) is 0. The Kier molecular flexibility index (Phi) is 4.26. The molecule has 2 aliphatic heterocycles. The second-order valence-electron chi connectivity index (χ2n) is 6.10. The van der Waals surface area contributed by atoms with Crippen molar-refractivity contribution in [1.29, 1.82) is 0 Å². The normalized spacial score (nSPS) is 22.5. The lowest BCUT2D eigenvalue weighted by atomic mass is 10.2. The van der Waals surface area contributed by atoms with E-state index in [4.69, 9.17) is 9.15 Å². The van der Waals surface area contributed by atoms with Gasteiger partial charge in [0.25, 0.3) is 0 Å². The van der Waals surface area contributed by atoms with Gasteiger partial charge in [-0.25, -0.2) is 0 Å². The highest BCUT2D eigenvalue weighted by Crippen LogP contribution is 2.28. The molecule has 0 radical (unpaired) electrons. The smallest absolute Gasteiger partial charge is 0.162 e. The molecule has 0 aromatic carbocycles. The van der Waals surface area contributed by atoms with E-state index in [1.165, 1.54) is 0 Å². The molecular weight excluding hydrogens is 292 g/mol. The van der Waals surface area contributed by atoms with Gasteiger partial charge in [-0.05, 0) is 31.1 Å². The van der Waals surface area contributed by atoms with Crippen LogP contribution in [0.4, 0.5) is 0 Å². The highest BCUT2D eigenvalue weighted by Gasteiger charge is 2.26. The molecule has 6 heteroatoms. The van der Waals surface area contributed by atoms with Gasteiger partial charge in [-0.15, -0.1) is 10.2 Å². The lowest BCUT2D eigenvalue weighted by Crippen LogP contribution is -2.27. The van der Waals surface area contributed by atoms with Gasteiger partial charge in [-0.1, -0.05) is 6.08 Å². The first-order chi connectivity index (χ1) is 11.4. The van der Waals surface area contributed by atoms with E-state index >= 15 is 0 Å². The third-order valence-electron chi connectivity index (χ3n) is 4.55. The van der Waals surface area contributed by atoms with Crippen LogP contribution in [0.3, 0.4) is 0 Å². The van der Waals surface area contributed by atoms with Crippen LogP contribution in [-0.2, 0) is 17.7 Å². The van der Waals surface area contributed by atoms with Crippen molar-refractivity contribution in [2.45, 2.75) is 31.9 Å². The number of nitrogens with zero attached hydrogens (tertiary/aromatic N) is 4. The van der Waals surface area contributed by atoms with Gasteiger partial charge in [0.2, 0.25) is 0 Å². The van der Waals surface area contributed by atoms with Crippen molar-refractivity contribution in [2.24, 2.45) is 0 Å². The molecule has 0 amide bonds. The number of rotatable bonds is 4. The van der Waals surface area contributed by atoms with Gasteiger partial charge in [0.05, 0.1) is 6.26 Å². The molecule has 0 spiro atoms. The zero-order chi connectivity index (χ0) is 15.5. The first kappa shape index (κ1) is 14.7. The predicted octanol–water partition coefficient (Wildman–Crippen LogP) is 2.29. The van der Waals surface area contributed by atoms with E-state index in [1.807, 2.05) is 18.2 Å². The Hall–Kier alpha value is -1.92. The summed E-state index contributed by atoms with van der Waals surface area (Å²) in [6.07, 6.45) is 9.15. The van der Waals surface area contributed by atoms with Gasteiger partial charge in [0, 0.05) is 39.2 Å². The predicted molar refractivity (Wildman–Crippen MR) is 85.8 cm³/mol. The van der Waals surface area contributed by atoms with E-state index in [1.54, 1.807) is 6.26 Å². The highest BCUT2D eigenvalue weighted by molar-refractivity contribution is 5.42. The van der Waals surface area contributed by atoms with Crippen molar-refractivity contribution in [3.63, 3.8) is 0 Å². The minimum Gasteiger partial charge on any atom is -0.465 e. The third-order valence-corrected chi connectivity index (χ3v) is 4.55. The lowest BCUT2D eigenvalue weighted by molar-refractivity contribution is 0.101. The van der Waals surface area contributed by atoms with Gasteiger partial charge in [-0.3, -0.25) is 4.90 Å². The number of ether oxygens (including phenoxy) is 1. The van der Waals surface area contributed by atoms with E-state index in [0.717, 1.165) is 69.5 Å². The summed E-state index contributed by atoms with van der Waals surface area (Å²) in [5.41, 5.74) is 0. The molecule has 1 saturated heterocycles. The fraction of sp³-hybridized carbons (Fsp3) is 0.529. The Morgan fingerprint density at radius 2 is 2.26 bits per heavy atom. The Balaban J connectivity index is 1.38. The van der Waals surface area contributed by atoms with Gasteiger partial charge in [0.1, 0.15) is 17.7 Å². The second kappa shape index (κ2) is 6.68. The van der Waals surface area contributed by atoms with Crippen LogP contribution in [0, 0.1) is 0 Å². The molecule has 2 aromatic rings. The topological polar surface area (TPSA) is 56.3 Å². The Morgan fingerprint density at radius 1 is 1.26 bits per heavy atom. The summed E-state index contributed by atoms with van der Waals surface area (Å²) >= 11 is 0. The monoisotopic (exact) mass is 314 g/mol. The molecule has 6 nitrogen and oxygen atoms in total. The SMILES string of the molecule is C(=C\c1ccco1)/CN1CCc2nnc(C3CCCO3)n2CC1. The van der Waals surface area contributed by atoms with Crippen molar-refractivity contribution in [3.8, 4) is 0 Å². The first-order valence-corrected chi connectivity index (χ1v) is 8.36. The van der Waals surface area contributed by atoms with E-state index in [-0.39, 0.29) is 6.10 Å². The van der Waals surface area contributed by atoms with Crippen LogP contribution in [-0.4, -0.2) is 45.9 Å². The summed E-state index contributed by atoms with van der Waals surface area (Å²) < 4.78 is 13.4. The molecule has 4 heterocycles. The molecule has 0 aliphatic carbocycles. The number of hydrogen-bond acceptors (Lipinski definition) is 5. The molecule has 1 fully saturated rings. The quantitative estimate of drug-likeness (QED) is 0.866. The Morgan fingerprint density at radius 3 is 3.09 bits per heavy atom. The Bertz CT molecular complexity index is 656. The highest BCUT2D eigenvalue weighted by atomic mass is 16.5.